The second-order valence-corrected chi connectivity index (χ2v) is 9.80. The number of aryl methyl sites for hydroxylation is 1. The van der Waals surface area contributed by atoms with Crippen molar-refractivity contribution in [1.29, 1.82) is 0 Å². The van der Waals surface area contributed by atoms with Gasteiger partial charge in [-0.1, -0.05) is 45.8 Å². The summed E-state index contributed by atoms with van der Waals surface area (Å²) in [6.07, 6.45) is 1.61. The fraction of sp³-hybridized carbons (Fsp3) is 0.154. The Hall–Kier alpha value is -3.63. The number of hydrogen-bond acceptors (Lipinski definition) is 7. The van der Waals surface area contributed by atoms with Gasteiger partial charge in [-0.25, -0.2) is 0 Å². The zero-order valence-corrected chi connectivity index (χ0v) is 21.6. The average molecular weight is 569 g/mol. The summed E-state index contributed by atoms with van der Waals surface area (Å²) in [5, 5.41) is 10.7. The highest BCUT2D eigenvalue weighted by atomic mass is 79.9. The van der Waals surface area contributed by atoms with Gasteiger partial charge in [0.2, 0.25) is 0 Å². The normalized spacial score (nSPS) is 14.4. The Morgan fingerprint density at radius 1 is 1.06 bits per heavy atom. The minimum atomic E-state index is -0.462. The number of amides is 2. The molecule has 1 aliphatic rings. The van der Waals surface area contributed by atoms with Gasteiger partial charge in [0.25, 0.3) is 16.8 Å². The molecule has 2 amide bonds. The van der Waals surface area contributed by atoms with Crippen molar-refractivity contribution in [1.82, 2.24) is 4.90 Å². The molecule has 0 atom stereocenters. The van der Waals surface area contributed by atoms with Gasteiger partial charge < -0.3 is 9.47 Å². The van der Waals surface area contributed by atoms with Crippen molar-refractivity contribution < 1.29 is 24.0 Å². The largest absolute Gasteiger partial charge is 0.492 e. The first-order valence-electron chi connectivity index (χ1n) is 10.9. The smallest absolute Gasteiger partial charge is 0.293 e. The van der Waals surface area contributed by atoms with Crippen LogP contribution in [0.1, 0.15) is 16.7 Å². The highest BCUT2D eigenvalue weighted by molar-refractivity contribution is 9.10. The van der Waals surface area contributed by atoms with E-state index in [4.69, 9.17) is 9.47 Å². The molecule has 1 saturated heterocycles. The summed E-state index contributed by atoms with van der Waals surface area (Å²) in [5.74, 6) is 0.740. The standard InChI is InChI=1S/C26H21BrN2O6S/c1-17-5-8-22(9-6-17)34-12-11-28-25(30)24(36-26(28)31)15-19-14-20(27)7-10-23(19)35-16-18-3-2-4-21(13-18)29(32)33/h2-10,13-15H,11-12,16H2,1H3/b24-15-. The molecule has 1 fully saturated rings. The zero-order chi connectivity index (χ0) is 25.7. The fourth-order valence-corrected chi connectivity index (χ4v) is 4.64. The Morgan fingerprint density at radius 3 is 2.58 bits per heavy atom. The maximum absolute atomic E-state index is 12.9. The number of carbonyl (C=O) groups is 2. The zero-order valence-electron chi connectivity index (χ0n) is 19.2. The molecule has 4 rings (SSSR count). The van der Waals surface area contributed by atoms with E-state index in [9.17, 15) is 19.7 Å². The van der Waals surface area contributed by atoms with E-state index in [1.54, 1.807) is 36.4 Å². The number of carbonyl (C=O) groups excluding carboxylic acids is 2. The van der Waals surface area contributed by atoms with Crippen LogP contribution >= 0.6 is 27.7 Å². The second kappa shape index (κ2) is 11.4. The van der Waals surface area contributed by atoms with Crippen molar-refractivity contribution in [3.8, 4) is 11.5 Å². The van der Waals surface area contributed by atoms with Crippen molar-refractivity contribution in [2.45, 2.75) is 13.5 Å². The van der Waals surface area contributed by atoms with Crippen LogP contribution in [0.2, 0.25) is 0 Å². The third-order valence-electron chi connectivity index (χ3n) is 5.25. The van der Waals surface area contributed by atoms with E-state index in [1.165, 1.54) is 12.1 Å². The van der Waals surface area contributed by atoms with E-state index in [2.05, 4.69) is 15.9 Å². The molecule has 36 heavy (non-hydrogen) atoms. The molecule has 1 heterocycles. The van der Waals surface area contributed by atoms with Crippen LogP contribution in [0.25, 0.3) is 6.08 Å². The van der Waals surface area contributed by atoms with Gasteiger partial charge in [0.15, 0.2) is 0 Å². The van der Waals surface area contributed by atoms with Crippen LogP contribution in [0, 0.1) is 17.0 Å². The maximum atomic E-state index is 12.9. The van der Waals surface area contributed by atoms with Gasteiger partial charge in [-0.15, -0.1) is 0 Å². The summed E-state index contributed by atoms with van der Waals surface area (Å²) in [6, 6.07) is 19.0. The molecule has 3 aromatic rings. The molecule has 184 valence electrons. The molecule has 0 unspecified atom stereocenters. The number of nitro groups is 1. The lowest BCUT2D eigenvalue weighted by Gasteiger charge is -2.13. The molecule has 0 aromatic heterocycles. The molecule has 10 heteroatoms. The van der Waals surface area contributed by atoms with Crippen LogP contribution in [0.15, 0.2) is 76.1 Å². The van der Waals surface area contributed by atoms with Crippen LogP contribution in [0.4, 0.5) is 10.5 Å². The number of imide groups is 1. The van der Waals surface area contributed by atoms with E-state index < -0.39 is 10.8 Å². The number of halogens is 1. The summed E-state index contributed by atoms with van der Waals surface area (Å²) < 4.78 is 12.3. The second-order valence-electron chi connectivity index (χ2n) is 7.89. The Balaban J connectivity index is 1.45. The van der Waals surface area contributed by atoms with E-state index >= 15 is 0 Å². The molecule has 0 spiro atoms. The number of benzene rings is 3. The molecule has 8 nitrogen and oxygen atoms in total. The minimum Gasteiger partial charge on any atom is -0.492 e. The van der Waals surface area contributed by atoms with E-state index in [0.29, 0.717) is 22.6 Å². The van der Waals surface area contributed by atoms with E-state index in [-0.39, 0.29) is 35.6 Å². The summed E-state index contributed by atoms with van der Waals surface area (Å²) in [6.45, 7) is 2.39. The number of rotatable bonds is 9. The Bertz CT molecular complexity index is 1340. The first kappa shape index (κ1) is 25.5. The Kier molecular flexibility index (Phi) is 8.07. The molecule has 1 aliphatic heterocycles. The van der Waals surface area contributed by atoms with Gasteiger partial charge in [0.1, 0.15) is 24.7 Å². The van der Waals surface area contributed by atoms with Crippen LogP contribution < -0.4 is 9.47 Å². The van der Waals surface area contributed by atoms with Crippen LogP contribution in [0.5, 0.6) is 11.5 Å². The van der Waals surface area contributed by atoms with Crippen LogP contribution in [-0.2, 0) is 11.4 Å². The lowest BCUT2D eigenvalue weighted by molar-refractivity contribution is -0.384. The topological polar surface area (TPSA) is 99.0 Å². The molecule has 0 bridgehead atoms. The molecule has 3 aromatic carbocycles. The number of non-ortho nitro benzene ring substituents is 1. The summed E-state index contributed by atoms with van der Waals surface area (Å²) in [4.78, 5) is 37.4. The third-order valence-corrected chi connectivity index (χ3v) is 6.65. The first-order chi connectivity index (χ1) is 17.3. The van der Waals surface area contributed by atoms with Crippen LogP contribution in [-0.4, -0.2) is 34.1 Å². The Labute approximate surface area is 220 Å². The number of nitro benzene ring substituents is 1. The van der Waals surface area contributed by atoms with Gasteiger partial charge in [-0.3, -0.25) is 24.6 Å². The van der Waals surface area contributed by atoms with Crippen LogP contribution in [0.3, 0.4) is 0 Å². The van der Waals surface area contributed by atoms with Gasteiger partial charge in [0, 0.05) is 22.2 Å². The fourth-order valence-electron chi connectivity index (χ4n) is 3.41. The van der Waals surface area contributed by atoms with Gasteiger partial charge >= 0.3 is 0 Å². The molecule has 0 aliphatic carbocycles. The summed E-state index contributed by atoms with van der Waals surface area (Å²) >= 11 is 4.28. The molecule has 0 N–H and O–H groups in total. The predicted octanol–water partition coefficient (Wildman–Crippen LogP) is 6.36. The number of hydrogen-bond donors (Lipinski definition) is 0. The SMILES string of the molecule is Cc1ccc(OCCN2C(=O)S/C(=C\c3cc(Br)ccc3OCc3cccc([N+](=O)[O-])c3)C2=O)cc1. The highest BCUT2D eigenvalue weighted by Crippen LogP contribution is 2.35. The van der Waals surface area contributed by atoms with E-state index in [1.807, 2.05) is 31.2 Å². The predicted molar refractivity (Wildman–Crippen MR) is 141 cm³/mol. The van der Waals surface area contributed by atoms with Crippen molar-refractivity contribution in [3.63, 3.8) is 0 Å². The minimum absolute atomic E-state index is 0.0211. The van der Waals surface area contributed by atoms with Crippen molar-refractivity contribution in [3.05, 3.63) is 103 Å². The quantitative estimate of drug-likeness (QED) is 0.168. The maximum Gasteiger partial charge on any atom is 0.293 e. The van der Waals surface area contributed by atoms with Gasteiger partial charge in [0.05, 0.1) is 16.4 Å². The monoisotopic (exact) mass is 568 g/mol. The lowest BCUT2D eigenvalue weighted by Crippen LogP contribution is -2.32. The molecule has 0 saturated carbocycles. The number of nitrogens with zero attached hydrogens (tertiary/aromatic N) is 2. The summed E-state index contributed by atoms with van der Waals surface area (Å²) in [5.41, 5.74) is 2.31. The lowest BCUT2D eigenvalue weighted by atomic mass is 10.1. The van der Waals surface area contributed by atoms with Gasteiger partial charge in [-0.05, 0) is 60.7 Å². The van der Waals surface area contributed by atoms with Gasteiger partial charge in [-0.2, -0.15) is 0 Å². The van der Waals surface area contributed by atoms with Crippen molar-refractivity contribution >= 4 is 50.6 Å². The number of thioether (sulfide) groups is 1. The van der Waals surface area contributed by atoms with Crippen molar-refractivity contribution in [2.75, 3.05) is 13.2 Å². The summed E-state index contributed by atoms with van der Waals surface area (Å²) in [7, 11) is 0. The highest BCUT2D eigenvalue weighted by Gasteiger charge is 2.35. The molecule has 0 radical (unpaired) electrons. The molecular formula is C26H21BrN2O6S. The Morgan fingerprint density at radius 2 is 1.83 bits per heavy atom. The van der Waals surface area contributed by atoms with Crippen molar-refractivity contribution in [2.24, 2.45) is 0 Å². The third kappa shape index (κ3) is 6.32. The average Bonchev–Trinajstić information content (AvgIpc) is 3.12. The van der Waals surface area contributed by atoms with E-state index in [0.717, 1.165) is 26.7 Å². The number of ether oxygens (including phenoxy) is 2. The molecular weight excluding hydrogens is 548 g/mol. The first-order valence-corrected chi connectivity index (χ1v) is 12.5.